The molecule has 1 atom stereocenters. The molecular formula is C25H16BrFN4O3S2. The normalized spacial score (nSPS) is 17.1. The number of aliphatic hydroxyl groups excluding tert-OH is 1. The van der Waals surface area contributed by atoms with Crippen LogP contribution in [0.2, 0.25) is 0 Å². The molecule has 0 bridgehead atoms. The van der Waals surface area contributed by atoms with Crippen molar-refractivity contribution in [1.82, 2.24) is 15.2 Å². The fraction of sp³-hybridized carbons (Fsp3) is 0.0800. The summed E-state index contributed by atoms with van der Waals surface area (Å²) >= 11 is 5.80. The van der Waals surface area contributed by atoms with Crippen molar-refractivity contribution in [2.75, 3.05) is 4.90 Å². The minimum atomic E-state index is -0.913. The van der Waals surface area contributed by atoms with E-state index < -0.39 is 17.7 Å². The lowest BCUT2D eigenvalue weighted by Gasteiger charge is -2.22. The van der Waals surface area contributed by atoms with Crippen LogP contribution >= 0.6 is 39.0 Å². The number of aromatic nitrogens is 3. The van der Waals surface area contributed by atoms with Gasteiger partial charge in [0.15, 0.2) is 4.34 Å². The largest absolute Gasteiger partial charge is 0.507 e. The van der Waals surface area contributed by atoms with Crippen LogP contribution in [0.15, 0.2) is 87.4 Å². The van der Waals surface area contributed by atoms with Gasteiger partial charge in [0.1, 0.15) is 11.6 Å². The van der Waals surface area contributed by atoms with Crippen molar-refractivity contribution in [3.63, 3.8) is 0 Å². The van der Waals surface area contributed by atoms with Gasteiger partial charge in [0.05, 0.1) is 11.6 Å². The van der Waals surface area contributed by atoms with Gasteiger partial charge in [-0.25, -0.2) is 4.39 Å². The maximum Gasteiger partial charge on any atom is 0.301 e. The molecule has 2 aromatic carbocycles. The molecule has 0 radical (unpaired) electrons. The maximum atomic E-state index is 14.0. The smallest absolute Gasteiger partial charge is 0.301 e. The molecule has 2 aromatic heterocycles. The molecular weight excluding hydrogens is 567 g/mol. The number of carbonyl (C=O) groups is 2. The average Bonchev–Trinajstić information content (AvgIpc) is 3.46. The molecule has 1 aliphatic heterocycles. The van der Waals surface area contributed by atoms with Crippen LogP contribution < -0.4 is 4.90 Å². The molecule has 4 aromatic rings. The lowest BCUT2D eigenvalue weighted by molar-refractivity contribution is -0.132. The van der Waals surface area contributed by atoms with E-state index in [1.54, 1.807) is 54.6 Å². The molecule has 180 valence electrons. The van der Waals surface area contributed by atoms with Crippen LogP contribution in [0.4, 0.5) is 9.52 Å². The minimum absolute atomic E-state index is 0.0516. The van der Waals surface area contributed by atoms with Crippen LogP contribution in [0.3, 0.4) is 0 Å². The predicted molar refractivity (Wildman–Crippen MR) is 139 cm³/mol. The molecule has 0 aliphatic carbocycles. The number of aliphatic hydroxyl groups is 1. The third-order valence-corrected chi connectivity index (χ3v) is 8.13. The molecule has 7 nitrogen and oxygen atoms in total. The minimum Gasteiger partial charge on any atom is -0.507 e. The number of halogens is 2. The zero-order valence-electron chi connectivity index (χ0n) is 18.3. The standard InChI is InChI=1S/C25H16BrFN4O3S2/c26-17-7-5-14(6-8-17)20-19(21(32)15-9-11-28-12-10-15)22(33)23(34)31(20)24-29-30-25(36-24)35-13-16-3-1-2-4-18(16)27/h1-12,20,32H,13H2/b21-19+. The molecule has 5 rings (SSSR count). The number of thioether (sulfide) groups is 1. The van der Waals surface area contributed by atoms with Crippen LogP contribution in [-0.4, -0.2) is 32.0 Å². The number of pyridine rings is 1. The summed E-state index contributed by atoms with van der Waals surface area (Å²) in [6.07, 6.45) is 2.98. The Balaban J connectivity index is 1.54. The van der Waals surface area contributed by atoms with E-state index in [0.717, 1.165) is 15.8 Å². The van der Waals surface area contributed by atoms with Crippen LogP contribution in [0.25, 0.3) is 5.76 Å². The highest BCUT2D eigenvalue weighted by molar-refractivity contribution is 9.10. The highest BCUT2D eigenvalue weighted by atomic mass is 79.9. The number of nitrogens with zero attached hydrogens (tertiary/aromatic N) is 4. The Kier molecular flexibility index (Phi) is 6.95. The van der Waals surface area contributed by atoms with E-state index in [4.69, 9.17) is 0 Å². The first kappa shape index (κ1) is 24.3. The van der Waals surface area contributed by atoms with Gasteiger partial charge in [0.25, 0.3) is 5.78 Å². The van der Waals surface area contributed by atoms with Gasteiger partial charge in [-0.15, -0.1) is 10.2 Å². The number of benzene rings is 2. The van der Waals surface area contributed by atoms with Crippen molar-refractivity contribution >= 4 is 61.6 Å². The number of ketones is 1. The van der Waals surface area contributed by atoms with Crippen LogP contribution in [0.1, 0.15) is 22.7 Å². The summed E-state index contributed by atoms with van der Waals surface area (Å²) in [5.41, 5.74) is 1.45. The monoisotopic (exact) mass is 582 g/mol. The fourth-order valence-electron chi connectivity index (χ4n) is 3.77. The van der Waals surface area contributed by atoms with Gasteiger partial charge in [-0.05, 0) is 41.5 Å². The maximum absolute atomic E-state index is 14.0. The molecule has 36 heavy (non-hydrogen) atoms. The van der Waals surface area contributed by atoms with E-state index >= 15 is 0 Å². The number of amides is 1. The number of hydrogen-bond acceptors (Lipinski definition) is 8. The molecule has 1 amide bonds. The summed E-state index contributed by atoms with van der Waals surface area (Å²) in [7, 11) is 0. The highest BCUT2D eigenvalue weighted by Crippen LogP contribution is 2.44. The molecule has 11 heteroatoms. The lowest BCUT2D eigenvalue weighted by atomic mass is 9.96. The number of carbonyl (C=O) groups excluding carboxylic acids is 2. The number of rotatable bonds is 6. The fourth-order valence-corrected chi connectivity index (χ4v) is 5.89. The number of hydrogen-bond donors (Lipinski definition) is 1. The second-order valence-electron chi connectivity index (χ2n) is 7.69. The molecule has 0 saturated carbocycles. The van der Waals surface area contributed by atoms with Crippen LogP contribution in [0.5, 0.6) is 0 Å². The molecule has 0 spiro atoms. The molecule has 1 fully saturated rings. The Hall–Kier alpha value is -3.41. The summed E-state index contributed by atoms with van der Waals surface area (Å²) in [6.45, 7) is 0. The first-order valence-corrected chi connectivity index (χ1v) is 13.2. The number of Topliss-reactive ketones (excluding diaryl/α,β-unsaturated/α-hetero) is 1. The topological polar surface area (TPSA) is 96.3 Å². The van der Waals surface area contributed by atoms with E-state index in [1.165, 1.54) is 35.1 Å². The van der Waals surface area contributed by atoms with Gasteiger partial charge in [-0.1, -0.05) is 69.4 Å². The van der Waals surface area contributed by atoms with Crippen molar-refractivity contribution in [2.45, 2.75) is 16.1 Å². The molecule has 3 heterocycles. The Bertz CT molecular complexity index is 1480. The van der Waals surface area contributed by atoms with E-state index in [1.807, 2.05) is 0 Å². The van der Waals surface area contributed by atoms with Crippen molar-refractivity contribution < 1.29 is 19.1 Å². The predicted octanol–water partition coefficient (Wildman–Crippen LogP) is 5.75. The molecule has 1 saturated heterocycles. The average molecular weight is 583 g/mol. The zero-order valence-corrected chi connectivity index (χ0v) is 21.6. The van der Waals surface area contributed by atoms with E-state index in [0.29, 0.717) is 26.8 Å². The summed E-state index contributed by atoms with van der Waals surface area (Å²) in [5.74, 6) is -1.93. The Morgan fingerprint density at radius 1 is 1.06 bits per heavy atom. The van der Waals surface area contributed by atoms with Gasteiger partial charge in [-0.2, -0.15) is 0 Å². The summed E-state index contributed by atoms with van der Waals surface area (Å²) in [6, 6.07) is 15.8. The van der Waals surface area contributed by atoms with Crippen molar-refractivity contribution in [1.29, 1.82) is 0 Å². The summed E-state index contributed by atoms with van der Waals surface area (Å²) in [5, 5.41) is 19.6. The van der Waals surface area contributed by atoms with Crippen LogP contribution in [-0.2, 0) is 15.3 Å². The Morgan fingerprint density at radius 2 is 1.78 bits per heavy atom. The first-order valence-electron chi connectivity index (χ1n) is 10.6. The quantitative estimate of drug-likeness (QED) is 0.102. The Morgan fingerprint density at radius 3 is 2.50 bits per heavy atom. The second kappa shape index (κ2) is 10.3. The van der Waals surface area contributed by atoms with Crippen molar-refractivity contribution in [3.05, 3.63) is 106 Å². The van der Waals surface area contributed by atoms with Gasteiger partial charge in [0.2, 0.25) is 5.13 Å². The summed E-state index contributed by atoms with van der Waals surface area (Å²) in [4.78, 5) is 31.6. The SMILES string of the molecule is O=C1C(=O)N(c2nnc(SCc3ccccc3F)s2)C(c2ccc(Br)cc2)/C1=C(\O)c1ccncc1. The van der Waals surface area contributed by atoms with Gasteiger partial charge < -0.3 is 5.11 Å². The first-order chi connectivity index (χ1) is 17.4. The van der Waals surface area contributed by atoms with E-state index in [9.17, 15) is 19.1 Å². The third kappa shape index (κ3) is 4.69. The molecule has 1 N–H and O–H groups in total. The zero-order chi connectivity index (χ0) is 25.2. The van der Waals surface area contributed by atoms with Crippen LogP contribution in [0, 0.1) is 5.82 Å². The third-order valence-electron chi connectivity index (χ3n) is 5.49. The second-order valence-corrected chi connectivity index (χ2v) is 10.8. The summed E-state index contributed by atoms with van der Waals surface area (Å²) < 4.78 is 15.3. The Labute approximate surface area is 221 Å². The van der Waals surface area contributed by atoms with E-state index in [2.05, 4.69) is 31.1 Å². The van der Waals surface area contributed by atoms with Gasteiger partial charge >= 0.3 is 5.91 Å². The van der Waals surface area contributed by atoms with Crippen molar-refractivity contribution in [2.24, 2.45) is 0 Å². The highest BCUT2D eigenvalue weighted by Gasteiger charge is 2.48. The van der Waals surface area contributed by atoms with E-state index in [-0.39, 0.29) is 22.3 Å². The molecule has 1 aliphatic rings. The number of anilines is 1. The van der Waals surface area contributed by atoms with Crippen molar-refractivity contribution in [3.8, 4) is 0 Å². The van der Waals surface area contributed by atoms with Gasteiger partial charge in [0, 0.05) is 28.2 Å². The lowest BCUT2D eigenvalue weighted by Crippen LogP contribution is -2.29. The van der Waals surface area contributed by atoms with Gasteiger partial charge in [-0.3, -0.25) is 19.5 Å². The molecule has 1 unspecified atom stereocenters.